The highest BCUT2D eigenvalue weighted by atomic mass is 16.1. The number of fused-ring (bicyclic) bond motifs is 2. The summed E-state index contributed by atoms with van der Waals surface area (Å²) in [6, 6.07) is 13.7. The summed E-state index contributed by atoms with van der Waals surface area (Å²) in [6.45, 7) is 1.97. The number of nitrogens with zero attached hydrogens (tertiary/aromatic N) is 5. The SMILES string of the molecule is CCCC(=O)Nc1cncc(-c2ccc3[nH]nc(-c4cc5c(-c6cccnc6)ccnc5[nH]4)c3n2)c1. The zero-order valence-electron chi connectivity index (χ0n) is 19.5. The number of nitrogens with one attached hydrogen (secondary N) is 3. The van der Waals surface area contributed by atoms with E-state index >= 15 is 0 Å². The molecule has 0 bridgehead atoms. The van der Waals surface area contributed by atoms with Crippen molar-refractivity contribution in [2.24, 2.45) is 0 Å². The van der Waals surface area contributed by atoms with Crippen LogP contribution in [0.2, 0.25) is 0 Å². The van der Waals surface area contributed by atoms with Gasteiger partial charge in [-0.15, -0.1) is 0 Å². The number of rotatable bonds is 6. The van der Waals surface area contributed by atoms with Crippen molar-refractivity contribution >= 4 is 33.7 Å². The molecule has 3 N–H and O–H groups in total. The van der Waals surface area contributed by atoms with Crippen LogP contribution >= 0.6 is 0 Å². The second-order valence-corrected chi connectivity index (χ2v) is 8.47. The average molecular weight is 475 g/mol. The van der Waals surface area contributed by atoms with Crippen molar-refractivity contribution in [3.05, 3.63) is 73.4 Å². The second-order valence-electron chi connectivity index (χ2n) is 8.47. The standard InChI is InChI=1S/C27H22N8O/c1-2-4-24(36)31-18-11-17(14-29-15-18)21-6-7-22-25(32-21)26(35-34-22)23-12-20-19(8-10-30-27(20)33-23)16-5-3-9-28-13-16/h3,5-15H,2,4H2,1H3,(H,30,33)(H,31,36)(H,34,35). The smallest absolute Gasteiger partial charge is 0.224 e. The van der Waals surface area contributed by atoms with Crippen molar-refractivity contribution in [2.45, 2.75) is 19.8 Å². The summed E-state index contributed by atoms with van der Waals surface area (Å²) in [5, 5.41) is 11.5. The van der Waals surface area contributed by atoms with Crippen LogP contribution in [0.25, 0.3) is 55.8 Å². The Morgan fingerprint density at radius 3 is 2.78 bits per heavy atom. The minimum absolute atomic E-state index is 0.0324. The lowest BCUT2D eigenvalue weighted by Gasteiger charge is -2.06. The molecule has 9 heteroatoms. The molecule has 6 aromatic heterocycles. The van der Waals surface area contributed by atoms with Gasteiger partial charge in [-0.05, 0) is 48.4 Å². The molecule has 1 amide bonds. The van der Waals surface area contributed by atoms with E-state index in [4.69, 9.17) is 4.98 Å². The van der Waals surface area contributed by atoms with E-state index in [1.165, 1.54) is 0 Å². The summed E-state index contributed by atoms with van der Waals surface area (Å²) < 4.78 is 0. The van der Waals surface area contributed by atoms with Crippen LogP contribution < -0.4 is 5.32 Å². The number of hydrogen-bond acceptors (Lipinski definition) is 6. The molecular formula is C27H22N8O. The Kier molecular flexibility index (Phi) is 5.42. The molecule has 0 aliphatic rings. The number of pyridine rings is 4. The Morgan fingerprint density at radius 2 is 1.92 bits per heavy atom. The summed E-state index contributed by atoms with van der Waals surface area (Å²) in [6.07, 6.45) is 10.00. The first-order chi connectivity index (χ1) is 17.7. The van der Waals surface area contributed by atoms with E-state index in [9.17, 15) is 4.79 Å². The van der Waals surface area contributed by atoms with Crippen molar-refractivity contribution in [1.82, 2.24) is 35.1 Å². The van der Waals surface area contributed by atoms with E-state index in [0.717, 1.165) is 56.6 Å². The number of aromatic amines is 2. The van der Waals surface area contributed by atoms with Crippen LogP contribution in [0.1, 0.15) is 19.8 Å². The number of carbonyl (C=O) groups excluding carboxylic acids is 1. The summed E-state index contributed by atoms with van der Waals surface area (Å²) in [5.74, 6) is -0.0324. The molecule has 176 valence electrons. The number of hydrogen-bond donors (Lipinski definition) is 3. The summed E-state index contributed by atoms with van der Waals surface area (Å²) in [7, 11) is 0. The maximum atomic E-state index is 12.0. The maximum Gasteiger partial charge on any atom is 0.224 e. The molecule has 0 radical (unpaired) electrons. The largest absolute Gasteiger partial charge is 0.338 e. The number of anilines is 1. The molecule has 9 nitrogen and oxygen atoms in total. The molecule has 36 heavy (non-hydrogen) atoms. The molecule has 0 spiro atoms. The van der Waals surface area contributed by atoms with E-state index in [2.05, 4.69) is 35.5 Å². The van der Waals surface area contributed by atoms with Crippen LogP contribution in [0.15, 0.2) is 73.4 Å². The van der Waals surface area contributed by atoms with Crippen LogP contribution in [0.3, 0.4) is 0 Å². The molecule has 6 heterocycles. The Labute approximate surface area is 206 Å². The lowest BCUT2D eigenvalue weighted by molar-refractivity contribution is -0.116. The Hall–Kier alpha value is -4.92. The summed E-state index contributed by atoms with van der Waals surface area (Å²) in [4.78, 5) is 33.3. The topological polar surface area (TPSA) is 125 Å². The lowest BCUT2D eigenvalue weighted by atomic mass is 10.1. The van der Waals surface area contributed by atoms with Gasteiger partial charge < -0.3 is 10.3 Å². The lowest BCUT2D eigenvalue weighted by Crippen LogP contribution is -2.10. The second kappa shape index (κ2) is 9.03. The third-order valence-electron chi connectivity index (χ3n) is 5.96. The first-order valence-corrected chi connectivity index (χ1v) is 11.7. The molecular weight excluding hydrogens is 452 g/mol. The molecule has 0 atom stereocenters. The van der Waals surface area contributed by atoms with E-state index in [1.54, 1.807) is 24.8 Å². The van der Waals surface area contributed by atoms with Gasteiger partial charge >= 0.3 is 0 Å². The normalized spacial score (nSPS) is 11.2. The van der Waals surface area contributed by atoms with E-state index in [1.807, 2.05) is 55.6 Å². The average Bonchev–Trinajstić information content (AvgIpc) is 3.53. The highest BCUT2D eigenvalue weighted by Gasteiger charge is 2.16. The van der Waals surface area contributed by atoms with Gasteiger partial charge in [0.25, 0.3) is 0 Å². The van der Waals surface area contributed by atoms with Crippen LogP contribution in [0.5, 0.6) is 0 Å². The van der Waals surface area contributed by atoms with E-state index in [0.29, 0.717) is 17.8 Å². The minimum atomic E-state index is -0.0324. The quantitative estimate of drug-likeness (QED) is 0.298. The number of H-pyrrole nitrogens is 2. The first-order valence-electron chi connectivity index (χ1n) is 11.7. The van der Waals surface area contributed by atoms with E-state index in [-0.39, 0.29) is 5.91 Å². The van der Waals surface area contributed by atoms with Crippen molar-refractivity contribution in [3.63, 3.8) is 0 Å². The van der Waals surface area contributed by atoms with E-state index < -0.39 is 0 Å². The predicted octanol–water partition coefficient (Wildman–Crippen LogP) is 5.36. The molecule has 6 aromatic rings. The van der Waals surface area contributed by atoms with Crippen LogP contribution in [0.4, 0.5) is 5.69 Å². The molecule has 0 saturated heterocycles. The van der Waals surface area contributed by atoms with Gasteiger partial charge in [0, 0.05) is 47.7 Å². The first kappa shape index (κ1) is 21.6. The van der Waals surface area contributed by atoms with Gasteiger partial charge in [-0.1, -0.05) is 13.0 Å². The van der Waals surface area contributed by atoms with Gasteiger partial charge in [0.15, 0.2) is 0 Å². The highest BCUT2D eigenvalue weighted by molar-refractivity contribution is 5.99. The Bertz CT molecular complexity index is 1700. The molecule has 0 unspecified atom stereocenters. The van der Waals surface area contributed by atoms with Gasteiger partial charge in [0.1, 0.15) is 16.9 Å². The predicted molar refractivity (Wildman–Crippen MR) is 139 cm³/mol. The summed E-state index contributed by atoms with van der Waals surface area (Å²) in [5.41, 5.74) is 8.04. The van der Waals surface area contributed by atoms with Crippen molar-refractivity contribution < 1.29 is 4.79 Å². The molecule has 0 saturated carbocycles. The van der Waals surface area contributed by atoms with Gasteiger partial charge in [0.2, 0.25) is 5.91 Å². The zero-order chi connectivity index (χ0) is 24.5. The van der Waals surface area contributed by atoms with Crippen LogP contribution in [0, 0.1) is 0 Å². The molecule has 0 aliphatic carbocycles. The number of carbonyl (C=O) groups is 1. The highest BCUT2D eigenvalue weighted by Crippen LogP contribution is 2.33. The third-order valence-corrected chi connectivity index (χ3v) is 5.96. The van der Waals surface area contributed by atoms with Crippen LogP contribution in [-0.2, 0) is 4.79 Å². The fourth-order valence-electron chi connectivity index (χ4n) is 4.27. The Morgan fingerprint density at radius 1 is 1.00 bits per heavy atom. The molecule has 0 fully saturated rings. The monoisotopic (exact) mass is 474 g/mol. The van der Waals surface area contributed by atoms with Gasteiger partial charge in [-0.3, -0.25) is 19.9 Å². The van der Waals surface area contributed by atoms with Gasteiger partial charge in [0.05, 0.1) is 28.8 Å². The molecule has 6 rings (SSSR count). The fourth-order valence-corrected chi connectivity index (χ4v) is 4.27. The van der Waals surface area contributed by atoms with Gasteiger partial charge in [-0.25, -0.2) is 9.97 Å². The van der Waals surface area contributed by atoms with Crippen molar-refractivity contribution in [2.75, 3.05) is 5.32 Å². The third kappa shape index (κ3) is 3.96. The number of aromatic nitrogens is 7. The maximum absolute atomic E-state index is 12.0. The fraction of sp³-hybridized carbons (Fsp3) is 0.111. The van der Waals surface area contributed by atoms with Crippen molar-refractivity contribution in [1.29, 1.82) is 0 Å². The molecule has 0 aliphatic heterocycles. The van der Waals surface area contributed by atoms with Gasteiger partial charge in [-0.2, -0.15) is 5.10 Å². The summed E-state index contributed by atoms with van der Waals surface area (Å²) >= 11 is 0. The van der Waals surface area contributed by atoms with Crippen LogP contribution in [-0.4, -0.2) is 41.0 Å². The minimum Gasteiger partial charge on any atom is -0.338 e. The number of amides is 1. The van der Waals surface area contributed by atoms with Crippen molar-refractivity contribution in [3.8, 4) is 33.8 Å². The Balaban J connectivity index is 1.40. The molecule has 0 aromatic carbocycles. The zero-order valence-corrected chi connectivity index (χ0v) is 19.5.